The summed E-state index contributed by atoms with van der Waals surface area (Å²) in [6.45, 7) is 5.28. The highest BCUT2D eigenvalue weighted by Crippen LogP contribution is 2.37. The largest absolute Gasteiger partial charge is 0.333 e. The van der Waals surface area contributed by atoms with Crippen molar-refractivity contribution in [3.05, 3.63) is 47.5 Å². The lowest BCUT2D eigenvalue weighted by Gasteiger charge is -2.11. The molecule has 0 spiro atoms. The Bertz CT molecular complexity index is 520. The van der Waals surface area contributed by atoms with E-state index in [-0.39, 0.29) is 0 Å². The topological polar surface area (TPSA) is 17.8 Å². The van der Waals surface area contributed by atoms with Gasteiger partial charge in [-0.25, -0.2) is 4.98 Å². The van der Waals surface area contributed by atoms with Crippen molar-refractivity contribution in [2.75, 3.05) is 0 Å². The number of hydrogen-bond donors (Lipinski definition) is 0. The van der Waals surface area contributed by atoms with Crippen molar-refractivity contribution < 1.29 is 0 Å². The molecule has 1 unspecified atom stereocenters. The second-order valence-corrected chi connectivity index (χ2v) is 5.96. The van der Waals surface area contributed by atoms with Crippen LogP contribution in [0.4, 0.5) is 0 Å². The van der Waals surface area contributed by atoms with Crippen LogP contribution < -0.4 is 0 Å². The fraction of sp³-hybridized carbons (Fsp3) is 0.357. The molecule has 3 heteroatoms. The lowest BCUT2D eigenvalue weighted by Crippen LogP contribution is -2.12. The summed E-state index contributed by atoms with van der Waals surface area (Å²) in [5, 5.41) is 0.652. The predicted molar refractivity (Wildman–Crippen MR) is 71.5 cm³/mol. The van der Waals surface area contributed by atoms with Gasteiger partial charge in [-0.3, -0.25) is 0 Å². The molecule has 1 aliphatic rings. The van der Waals surface area contributed by atoms with Crippen LogP contribution in [0, 0.1) is 13.8 Å². The molecule has 0 fully saturated rings. The first-order chi connectivity index (χ1) is 8.24. The third-order valence-electron chi connectivity index (χ3n) is 3.46. The van der Waals surface area contributed by atoms with Crippen LogP contribution in [-0.4, -0.2) is 14.8 Å². The zero-order chi connectivity index (χ0) is 11.8. The highest BCUT2D eigenvalue weighted by atomic mass is 32.2. The maximum absolute atomic E-state index is 4.36. The molecule has 1 aliphatic heterocycles. The van der Waals surface area contributed by atoms with E-state index in [2.05, 4.69) is 47.7 Å². The predicted octanol–water partition coefficient (Wildman–Crippen LogP) is 3.22. The van der Waals surface area contributed by atoms with Crippen LogP contribution in [0.2, 0.25) is 0 Å². The number of rotatable bonds is 2. The Kier molecular flexibility index (Phi) is 2.71. The molecule has 0 aliphatic carbocycles. The molecule has 1 atom stereocenters. The van der Waals surface area contributed by atoms with E-state index >= 15 is 0 Å². The first-order valence-electron chi connectivity index (χ1n) is 5.97. The number of aromatic nitrogens is 2. The van der Waals surface area contributed by atoms with E-state index < -0.39 is 0 Å². The summed E-state index contributed by atoms with van der Waals surface area (Å²) in [6, 6.07) is 8.73. The van der Waals surface area contributed by atoms with Gasteiger partial charge in [0, 0.05) is 22.4 Å². The second-order valence-electron chi connectivity index (χ2n) is 4.62. The van der Waals surface area contributed by atoms with Gasteiger partial charge in [0.25, 0.3) is 0 Å². The molecular weight excluding hydrogens is 228 g/mol. The van der Waals surface area contributed by atoms with Gasteiger partial charge in [0.15, 0.2) is 0 Å². The monoisotopic (exact) mass is 244 g/mol. The van der Waals surface area contributed by atoms with E-state index in [0.717, 1.165) is 12.2 Å². The molecule has 17 heavy (non-hydrogen) atoms. The smallest absolute Gasteiger partial charge is 0.0951 e. The summed E-state index contributed by atoms with van der Waals surface area (Å²) in [5.74, 6) is 0. The molecule has 0 radical (unpaired) electrons. The Morgan fingerprint density at radius 3 is 2.88 bits per heavy atom. The summed E-state index contributed by atoms with van der Waals surface area (Å²) in [7, 11) is 0. The Labute approximate surface area is 106 Å². The molecule has 0 saturated heterocycles. The SMILES string of the molecule is Cc1ncn(CC2Cc3ccccc3S2)c1C. The number of aryl methyl sites for hydroxylation is 1. The molecule has 1 aromatic heterocycles. The van der Waals surface area contributed by atoms with Gasteiger partial charge in [-0.15, -0.1) is 11.8 Å². The van der Waals surface area contributed by atoms with Crippen LogP contribution in [0.15, 0.2) is 35.5 Å². The number of nitrogens with zero attached hydrogens (tertiary/aromatic N) is 2. The van der Waals surface area contributed by atoms with Crippen LogP contribution in [0.5, 0.6) is 0 Å². The molecule has 2 heterocycles. The first-order valence-corrected chi connectivity index (χ1v) is 6.85. The van der Waals surface area contributed by atoms with Crippen LogP contribution in [0.25, 0.3) is 0 Å². The molecule has 0 N–H and O–H groups in total. The van der Waals surface area contributed by atoms with E-state index in [1.54, 1.807) is 0 Å². The molecule has 2 aromatic rings. The summed E-state index contributed by atoms with van der Waals surface area (Å²) in [4.78, 5) is 5.81. The van der Waals surface area contributed by atoms with E-state index in [9.17, 15) is 0 Å². The third-order valence-corrected chi connectivity index (χ3v) is 4.76. The van der Waals surface area contributed by atoms with E-state index in [0.29, 0.717) is 5.25 Å². The zero-order valence-electron chi connectivity index (χ0n) is 10.2. The van der Waals surface area contributed by atoms with E-state index in [1.165, 1.54) is 22.6 Å². The normalized spacial score (nSPS) is 18.4. The highest BCUT2D eigenvalue weighted by Gasteiger charge is 2.22. The summed E-state index contributed by atoms with van der Waals surface area (Å²) in [6.07, 6.45) is 3.14. The zero-order valence-corrected chi connectivity index (χ0v) is 11.0. The van der Waals surface area contributed by atoms with Crippen molar-refractivity contribution in [1.82, 2.24) is 9.55 Å². The standard InChI is InChI=1S/C14H16N2S/c1-10-11(2)16(9-15-10)8-13-7-12-5-3-4-6-14(12)17-13/h3-6,9,13H,7-8H2,1-2H3. The van der Waals surface area contributed by atoms with Gasteiger partial charge < -0.3 is 4.57 Å². The lowest BCUT2D eigenvalue weighted by atomic mass is 10.1. The lowest BCUT2D eigenvalue weighted by molar-refractivity contribution is 0.648. The Balaban J connectivity index is 1.76. The van der Waals surface area contributed by atoms with E-state index in [4.69, 9.17) is 0 Å². The molecular formula is C14H16N2S. The maximum atomic E-state index is 4.36. The fourth-order valence-electron chi connectivity index (χ4n) is 2.30. The summed E-state index contributed by atoms with van der Waals surface area (Å²) >= 11 is 2.00. The van der Waals surface area contributed by atoms with E-state index in [1.807, 2.05) is 18.1 Å². The number of thioether (sulfide) groups is 1. The minimum Gasteiger partial charge on any atom is -0.333 e. The number of fused-ring (bicyclic) bond motifs is 1. The number of hydrogen-bond acceptors (Lipinski definition) is 2. The van der Waals surface area contributed by atoms with Crippen LogP contribution in [0.1, 0.15) is 17.0 Å². The summed E-state index contributed by atoms with van der Waals surface area (Å²) < 4.78 is 2.28. The van der Waals surface area contributed by atoms with Gasteiger partial charge in [0.2, 0.25) is 0 Å². The van der Waals surface area contributed by atoms with Crippen molar-refractivity contribution in [2.45, 2.75) is 37.0 Å². The van der Waals surface area contributed by atoms with Crippen LogP contribution in [0.3, 0.4) is 0 Å². The Hall–Kier alpha value is -1.22. The van der Waals surface area contributed by atoms with Crippen molar-refractivity contribution >= 4 is 11.8 Å². The average Bonchev–Trinajstić information content (AvgIpc) is 2.87. The molecule has 1 aromatic carbocycles. The Morgan fingerprint density at radius 2 is 2.18 bits per heavy atom. The number of benzene rings is 1. The molecule has 0 bridgehead atoms. The third kappa shape index (κ3) is 2.00. The van der Waals surface area contributed by atoms with Gasteiger partial charge in [-0.2, -0.15) is 0 Å². The number of imidazole rings is 1. The van der Waals surface area contributed by atoms with Gasteiger partial charge in [0.1, 0.15) is 0 Å². The van der Waals surface area contributed by atoms with Crippen molar-refractivity contribution in [1.29, 1.82) is 0 Å². The van der Waals surface area contributed by atoms with Crippen molar-refractivity contribution in [3.63, 3.8) is 0 Å². The van der Waals surface area contributed by atoms with Crippen molar-refractivity contribution in [3.8, 4) is 0 Å². The second kappa shape index (κ2) is 4.22. The summed E-state index contributed by atoms with van der Waals surface area (Å²) in [5.41, 5.74) is 3.93. The molecule has 0 saturated carbocycles. The molecule has 3 rings (SSSR count). The molecule has 88 valence electrons. The van der Waals surface area contributed by atoms with Crippen LogP contribution >= 0.6 is 11.8 Å². The minimum atomic E-state index is 0.652. The molecule has 0 amide bonds. The van der Waals surface area contributed by atoms with Gasteiger partial charge in [0.05, 0.1) is 12.0 Å². The van der Waals surface area contributed by atoms with Gasteiger partial charge >= 0.3 is 0 Å². The average molecular weight is 244 g/mol. The van der Waals surface area contributed by atoms with Crippen LogP contribution in [-0.2, 0) is 13.0 Å². The molecule has 2 nitrogen and oxygen atoms in total. The Morgan fingerprint density at radius 1 is 1.35 bits per heavy atom. The quantitative estimate of drug-likeness (QED) is 0.807. The highest BCUT2D eigenvalue weighted by molar-refractivity contribution is 8.00. The fourth-order valence-corrected chi connectivity index (χ4v) is 3.62. The first kappa shape index (κ1) is 10.9. The van der Waals surface area contributed by atoms with Gasteiger partial charge in [-0.05, 0) is 31.9 Å². The minimum absolute atomic E-state index is 0.652. The van der Waals surface area contributed by atoms with Crippen molar-refractivity contribution in [2.24, 2.45) is 0 Å². The maximum Gasteiger partial charge on any atom is 0.0951 e. The van der Waals surface area contributed by atoms with Gasteiger partial charge in [-0.1, -0.05) is 18.2 Å².